The molecule has 130 valence electrons. The number of carbonyl (C=O) groups is 1. The van der Waals surface area contributed by atoms with Crippen LogP contribution in [0.2, 0.25) is 0 Å². The number of hydrogen-bond donors (Lipinski definition) is 1. The molecule has 0 spiro atoms. The van der Waals surface area contributed by atoms with Crippen molar-refractivity contribution in [2.75, 3.05) is 30.3 Å². The van der Waals surface area contributed by atoms with Crippen LogP contribution in [0.1, 0.15) is 18.5 Å². The van der Waals surface area contributed by atoms with E-state index >= 15 is 0 Å². The SMILES string of the molecule is CC(=O)N1C[C@H]2CN(c3nccc(N)n3)C[C@H]2[C@@H]1c1cccc(F)c1. The molecule has 0 saturated carbocycles. The molecule has 0 radical (unpaired) electrons. The van der Waals surface area contributed by atoms with Crippen LogP contribution < -0.4 is 10.6 Å². The summed E-state index contributed by atoms with van der Waals surface area (Å²) in [6, 6.07) is 8.09. The minimum atomic E-state index is -0.279. The molecule has 2 saturated heterocycles. The van der Waals surface area contributed by atoms with E-state index in [1.165, 1.54) is 12.1 Å². The number of halogens is 1. The molecule has 2 aliphatic rings. The van der Waals surface area contributed by atoms with Crippen molar-refractivity contribution in [3.8, 4) is 0 Å². The molecule has 1 aromatic heterocycles. The van der Waals surface area contributed by atoms with Gasteiger partial charge in [0.1, 0.15) is 11.6 Å². The van der Waals surface area contributed by atoms with E-state index in [9.17, 15) is 9.18 Å². The zero-order valence-corrected chi connectivity index (χ0v) is 14.0. The van der Waals surface area contributed by atoms with Crippen LogP contribution in [0.25, 0.3) is 0 Å². The van der Waals surface area contributed by atoms with E-state index in [4.69, 9.17) is 5.73 Å². The summed E-state index contributed by atoms with van der Waals surface area (Å²) in [5.41, 5.74) is 6.61. The van der Waals surface area contributed by atoms with E-state index in [2.05, 4.69) is 14.9 Å². The van der Waals surface area contributed by atoms with Crippen LogP contribution >= 0.6 is 0 Å². The van der Waals surface area contributed by atoms with Gasteiger partial charge in [-0.25, -0.2) is 9.37 Å². The van der Waals surface area contributed by atoms with Gasteiger partial charge < -0.3 is 15.5 Å². The molecular weight excluding hydrogens is 321 g/mol. The third-order valence-corrected chi connectivity index (χ3v) is 5.21. The lowest BCUT2D eigenvalue weighted by Crippen LogP contribution is -2.34. The van der Waals surface area contributed by atoms with Gasteiger partial charge in [0.2, 0.25) is 11.9 Å². The second kappa shape index (κ2) is 5.98. The van der Waals surface area contributed by atoms with Crippen LogP contribution in [0.5, 0.6) is 0 Å². The second-order valence-electron chi connectivity index (χ2n) is 6.78. The van der Waals surface area contributed by atoms with Gasteiger partial charge in [0.15, 0.2) is 0 Å². The molecule has 7 heteroatoms. The first-order chi connectivity index (χ1) is 12.0. The lowest BCUT2D eigenvalue weighted by Gasteiger charge is -2.29. The van der Waals surface area contributed by atoms with Crippen molar-refractivity contribution in [1.82, 2.24) is 14.9 Å². The molecule has 2 aromatic rings. The maximum Gasteiger partial charge on any atom is 0.227 e. The van der Waals surface area contributed by atoms with Gasteiger partial charge in [-0.2, -0.15) is 4.98 Å². The first kappa shape index (κ1) is 15.8. The van der Waals surface area contributed by atoms with Gasteiger partial charge in [0.25, 0.3) is 0 Å². The molecule has 1 aromatic carbocycles. The van der Waals surface area contributed by atoms with Gasteiger partial charge in [0, 0.05) is 44.6 Å². The van der Waals surface area contributed by atoms with Crippen molar-refractivity contribution in [3.63, 3.8) is 0 Å². The Morgan fingerprint density at radius 3 is 2.84 bits per heavy atom. The maximum absolute atomic E-state index is 13.7. The van der Waals surface area contributed by atoms with Crippen LogP contribution in [0.15, 0.2) is 36.5 Å². The summed E-state index contributed by atoms with van der Waals surface area (Å²) >= 11 is 0. The van der Waals surface area contributed by atoms with Crippen molar-refractivity contribution in [2.24, 2.45) is 11.8 Å². The largest absolute Gasteiger partial charge is 0.384 e. The van der Waals surface area contributed by atoms with E-state index in [0.717, 1.165) is 18.7 Å². The highest BCUT2D eigenvalue weighted by Gasteiger charge is 2.49. The Morgan fingerprint density at radius 2 is 2.12 bits per heavy atom. The highest BCUT2D eigenvalue weighted by atomic mass is 19.1. The Balaban J connectivity index is 1.64. The van der Waals surface area contributed by atoms with Gasteiger partial charge in [-0.3, -0.25) is 4.79 Å². The van der Waals surface area contributed by atoms with Crippen LogP contribution in [-0.4, -0.2) is 40.4 Å². The lowest BCUT2D eigenvalue weighted by atomic mass is 9.89. The molecule has 3 heterocycles. The van der Waals surface area contributed by atoms with Gasteiger partial charge in [-0.1, -0.05) is 12.1 Å². The fraction of sp³-hybridized carbons (Fsp3) is 0.389. The monoisotopic (exact) mass is 341 g/mol. The molecular formula is C18H20FN5O. The average molecular weight is 341 g/mol. The molecule has 2 fully saturated rings. The molecule has 2 aliphatic heterocycles. The summed E-state index contributed by atoms with van der Waals surface area (Å²) in [5, 5.41) is 0. The molecule has 4 rings (SSSR count). The number of carbonyl (C=O) groups excluding carboxylic acids is 1. The van der Waals surface area contributed by atoms with Crippen LogP contribution in [0.3, 0.4) is 0 Å². The molecule has 3 atom stereocenters. The highest BCUT2D eigenvalue weighted by molar-refractivity contribution is 5.74. The zero-order valence-electron chi connectivity index (χ0n) is 14.0. The number of anilines is 2. The predicted molar refractivity (Wildman–Crippen MR) is 92.2 cm³/mol. The van der Waals surface area contributed by atoms with Crippen LogP contribution in [0, 0.1) is 17.7 Å². The van der Waals surface area contributed by atoms with Crippen LogP contribution in [0.4, 0.5) is 16.2 Å². The number of rotatable bonds is 2. The third-order valence-electron chi connectivity index (χ3n) is 5.21. The van der Waals surface area contributed by atoms with E-state index in [1.807, 2.05) is 11.0 Å². The van der Waals surface area contributed by atoms with Crippen molar-refractivity contribution < 1.29 is 9.18 Å². The first-order valence-electron chi connectivity index (χ1n) is 8.39. The minimum Gasteiger partial charge on any atom is -0.384 e. The van der Waals surface area contributed by atoms with E-state index < -0.39 is 0 Å². The molecule has 6 nitrogen and oxygen atoms in total. The fourth-order valence-corrected chi connectivity index (χ4v) is 4.16. The number of amides is 1. The van der Waals surface area contributed by atoms with Crippen molar-refractivity contribution in [3.05, 3.63) is 47.9 Å². The van der Waals surface area contributed by atoms with Crippen molar-refractivity contribution in [1.29, 1.82) is 0 Å². The Bertz CT molecular complexity index is 814. The topological polar surface area (TPSA) is 75.4 Å². The summed E-state index contributed by atoms with van der Waals surface area (Å²) in [4.78, 5) is 24.7. The summed E-state index contributed by atoms with van der Waals surface area (Å²) in [6.07, 6.45) is 1.65. The lowest BCUT2D eigenvalue weighted by molar-refractivity contribution is -0.130. The molecule has 25 heavy (non-hydrogen) atoms. The summed E-state index contributed by atoms with van der Waals surface area (Å²) in [6.45, 7) is 3.73. The standard InChI is InChI=1S/C18H20FN5O/c1-11(25)24-9-13-8-23(18-21-6-5-16(20)22-18)10-15(13)17(24)12-3-2-4-14(19)7-12/h2-7,13,15,17H,8-10H2,1H3,(H2,20,21,22)/t13-,15-,17+/m1/s1. The highest BCUT2D eigenvalue weighted by Crippen LogP contribution is 2.45. The number of nitrogen functional groups attached to an aromatic ring is 1. The molecule has 0 aliphatic carbocycles. The minimum absolute atomic E-state index is 0.0235. The molecule has 2 N–H and O–H groups in total. The summed E-state index contributed by atoms with van der Waals surface area (Å²) in [5.74, 6) is 1.32. The van der Waals surface area contributed by atoms with Gasteiger partial charge in [-0.15, -0.1) is 0 Å². The maximum atomic E-state index is 13.7. The van der Waals surface area contributed by atoms with E-state index in [0.29, 0.717) is 24.2 Å². The number of nitrogens with zero attached hydrogens (tertiary/aromatic N) is 4. The van der Waals surface area contributed by atoms with Crippen LogP contribution in [-0.2, 0) is 4.79 Å². The molecule has 1 amide bonds. The number of likely N-dealkylation sites (tertiary alicyclic amines) is 1. The smallest absolute Gasteiger partial charge is 0.227 e. The summed E-state index contributed by atoms with van der Waals surface area (Å²) in [7, 11) is 0. The Morgan fingerprint density at radius 1 is 1.28 bits per heavy atom. The zero-order chi connectivity index (χ0) is 17.6. The summed E-state index contributed by atoms with van der Waals surface area (Å²) < 4.78 is 13.7. The molecule has 0 unspecified atom stereocenters. The van der Waals surface area contributed by atoms with Gasteiger partial charge >= 0.3 is 0 Å². The number of hydrogen-bond acceptors (Lipinski definition) is 5. The number of aromatic nitrogens is 2. The fourth-order valence-electron chi connectivity index (χ4n) is 4.16. The first-order valence-corrected chi connectivity index (χ1v) is 8.39. The number of benzene rings is 1. The quantitative estimate of drug-likeness (QED) is 0.902. The normalized spacial score (nSPS) is 25.3. The Kier molecular flexibility index (Phi) is 3.78. The number of fused-ring (bicyclic) bond motifs is 1. The van der Waals surface area contributed by atoms with Gasteiger partial charge in [-0.05, 0) is 23.8 Å². The van der Waals surface area contributed by atoms with E-state index in [1.54, 1.807) is 25.3 Å². The number of nitrogens with two attached hydrogens (primary N) is 1. The van der Waals surface area contributed by atoms with Crippen molar-refractivity contribution >= 4 is 17.7 Å². The molecule has 0 bridgehead atoms. The Labute approximate surface area is 145 Å². The van der Waals surface area contributed by atoms with E-state index in [-0.39, 0.29) is 23.7 Å². The van der Waals surface area contributed by atoms with Gasteiger partial charge in [0.05, 0.1) is 6.04 Å². The Hall–Kier alpha value is -2.70. The second-order valence-corrected chi connectivity index (χ2v) is 6.78. The van der Waals surface area contributed by atoms with Crippen molar-refractivity contribution in [2.45, 2.75) is 13.0 Å². The average Bonchev–Trinajstić information content (AvgIpc) is 3.12. The third kappa shape index (κ3) is 2.79. The predicted octanol–water partition coefficient (Wildman–Crippen LogP) is 1.85.